The average Bonchev–Trinajstić information content (AvgIpc) is 3.40. The van der Waals surface area contributed by atoms with Crippen molar-refractivity contribution in [1.82, 2.24) is 0 Å². The van der Waals surface area contributed by atoms with E-state index in [0.29, 0.717) is 12.7 Å². The van der Waals surface area contributed by atoms with E-state index in [4.69, 9.17) is 9.47 Å². The van der Waals surface area contributed by atoms with Crippen molar-refractivity contribution in [1.29, 1.82) is 0 Å². The minimum Gasteiger partial charge on any atom is -0.490 e. The summed E-state index contributed by atoms with van der Waals surface area (Å²) < 4.78 is 11.0. The number of unbranched alkanes of at least 4 members (excludes halogenated alkanes) is 7. The Morgan fingerprint density at radius 3 is 2.57 bits per heavy atom. The van der Waals surface area contributed by atoms with E-state index in [-0.39, 0.29) is 0 Å². The van der Waals surface area contributed by atoms with E-state index in [1.807, 2.05) is 6.07 Å². The second-order valence-corrected chi connectivity index (χ2v) is 6.46. The van der Waals surface area contributed by atoms with Gasteiger partial charge in [0.1, 0.15) is 18.5 Å². The van der Waals surface area contributed by atoms with Crippen LogP contribution in [-0.2, 0) is 11.2 Å². The first-order chi connectivity index (χ1) is 11.4. The van der Waals surface area contributed by atoms with E-state index in [1.54, 1.807) is 0 Å². The minimum absolute atomic E-state index is 0.316. The van der Waals surface area contributed by atoms with Crippen LogP contribution in [0.15, 0.2) is 36.4 Å². The Labute approximate surface area is 141 Å². The highest BCUT2D eigenvalue weighted by Crippen LogP contribution is 2.21. The number of benzene rings is 1. The second-order valence-electron chi connectivity index (χ2n) is 6.46. The smallest absolute Gasteiger partial charge is 0.122 e. The SMILES string of the molecule is CCCCCCCCC/C=C/Cc1ccccc1OCC1CO1. The lowest BCUT2D eigenvalue weighted by molar-refractivity contribution is 0.261. The lowest BCUT2D eigenvalue weighted by Gasteiger charge is -2.08. The molecule has 1 aliphatic heterocycles. The van der Waals surface area contributed by atoms with E-state index in [9.17, 15) is 0 Å². The predicted octanol–water partition coefficient (Wildman–Crippen LogP) is 5.70. The Morgan fingerprint density at radius 2 is 1.78 bits per heavy atom. The fourth-order valence-corrected chi connectivity index (χ4v) is 2.71. The molecule has 1 aliphatic rings. The minimum atomic E-state index is 0.316. The first-order valence-electron chi connectivity index (χ1n) is 9.37. The number of hydrogen-bond acceptors (Lipinski definition) is 2. The van der Waals surface area contributed by atoms with Gasteiger partial charge in [0.25, 0.3) is 0 Å². The summed E-state index contributed by atoms with van der Waals surface area (Å²) in [6.07, 6.45) is 16.7. The lowest BCUT2D eigenvalue weighted by Crippen LogP contribution is -2.05. The molecule has 0 amide bonds. The zero-order valence-corrected chi connectivity index (χ0v) is 14.6. The maximum atomic E-state index is 5.84. The highest BCUT2D eigenvalue weighted by molar-refractivity contribution is 5.34. The van der Waals surface area contributed by atoms with Crippen LogP contribution in [0.25, 0.3) is 0 Å². The normalized spacial score (nSPS) is 16.8. The Bertz CT molecular complexity index is 449. The van der Waals surface area contributed by atoms with Gasteiger partial charge in [-0.05, 0) is 30.9 Å². The predicted molar refractivity (Wildman–Crippen MR) is 97.1 cm³/mol. The third-order valence-corrected chi connectivity index (χ3v) is 4.28. The van der Waals surface area contributed by atoms with E-state index in [1.165, 1.54) is 56.9 Å². The van der Waals surface area contributed by atoms with E-state index < -0.39 is 0 Å². The van der Waals surface area contributed by atoms with Gasteiger partial charge in [0.2, 0.25) is 0 Å². The van der Waals surface area contributed by atoms with Crippen molar-refractivity contribution in [2.75, 3.05) is 13.2 Å². The maximum Gasteiger partial charge on any atom is 0.122 e. The Kier molecular flexibility index (Phi) is 8.86. The Morgan fingerprint density at radius 1 is 1.04 bits per heavy atom. The van der Waals surface area contributed by atoms with Crippen LogP contribution >= 0.6 is 0 Å². The topological polar surface area (TPSA) is 21.8 Å². The summed E-state index contributed by atoms with van der Waals surface area (Å²) in [7, 11) is 0. The quantitative estimate of drug-likeness (QED) is 0.264. The van der Waals surface area contributed by atoms with Crippen molar-refractivity contribution in [3.8, 4) is 5.75 Å². The molecule has 1 heterocycles. The molecule has 0 N–H and O–H groups in total. The van der Waals surface area contributed by atoms with Crippen molar-refractivity contribution in [2.24, 2.45) is 0 Å². The summed E-state index contributed by atoms with van der Waals surface area (Å²) in [4.78, 5) is 0. The van der Waals surface area contributed by atoms with E-state index in [2.05, 4.69) is 37.3 Å². The summed E-state index contributed by atoms with van der Waals surface area (Å²) in [5, 5.41) is 0. The second kappa shape index (κ2) is 11.3. The molecule has 0 bridgehead atoms. The van der Waals surface area contributed by atoms with Gasteiger partial charge in [-0.15, -0.1) is 0 Å². The summed E-state index contributed by atoms with van der Waals surface area (Å²) in [5.74, 6) is 1.00. The van der Waals surface area contributed by atoms with E-state index >= 15 is 0 Å². The van der Waals surface area contributed by atoms with Crippen LogP contribution in [0.4, 0.5) is 0 Å². The lowest BCUT2D eigenvalue weighted by atomic mass is 10.1. The first kappa shape index (κ1) is 18.1. The Balaban J connectivity index is 1.57. The monoisotopic (exact) mass is 316 g/mol. The molecule has 128 valence electrons. The molecule has 1 unspecified atom stereocenters. The fraction of sp³-hybridized carbons (Fsp3) is 0.619. The van der Waals surface area contributed by atoms with Crippen LogP contribution in [0.3, 0.4) is 0 Å². The van der Waals surface area contributed by atoms with Crippen LogP contribution in [0, 0.1) is 0 Å². The summed E-state index contributed by atoms with van der Waals surface area (Å²) in [6, 6.07) is 8.33. The number of rotatable bonds is 13. The van der Waals surface area contributed by atoms with Crippen molar-refractivity contribution in [2.45, 2.75) is 70.8 Å². The molecule has 0 aliphatic carbocycles. The van der Waals surface area contributed by atoms with Gasteiger partial charge < -0.3 is 9.47 Å². The number of allylic oxidation sites excluding steroid dienone is 2. The van der Waals surface area contributed by atoms with Crippen molar-refractivity contribution in [3.63, 3.8) is 0 Å². The van der Waals surface area contributed by atoms with E-state index in [0.717, 1.165) is 18.8 Å². The molecule has 0 radical (unpaired) electrons. The average molecular weight is 316 g/mol. The van der Waals surface area contributed by atoms with Crippen LogP contribution in [0.5, 0.6) is 5.75 Å². The number of para-hydroxylation sites is 1. The molecule has 2 nitrogen and oxygen atoms in total. The molecule has 1 saturated heterocycles. The third kappa shape index (κ3) is 8.22. The third-order valence-electron chi connectivity index (χ3n) is 4.28. The van der Waals surface area contributed by atoms with Gasteiger partial charge in [-0.3, -0.25) is 0 Å². The van der Waals surface area contributed by atoms with Gasteiger partial charge in [0.05, 0.1) is 6.61 Å². The summed E-state index contributed by atoms with van der Waals surface area (Å²) in [5.41, 5.74) is 1.27. The van der Waals surface area contributed by atoms with Gasteiger partial charge in [-0.25, -0.2) is 0 Å². The fourth-order valence-electron chi connectivity index (χ4n) is 2.71. The van der Waals surface area contributed by atoms with Crippen molar-refractivity contribution < 1.29 is 9.47 Å². The number of epoxide rings is 1. The van der Waals surface area contributed by atoms with Gasteiger partial charge >= 0.3 is 0 Å². The van der Waals surface area contributed by atoms with Crippen LogP contribution in [-0.4, -0.2) is 19.3 Å². The van der Waals surface area contributed by atoms with Crippen LogP contribution in [0.2, 0.25) is 0 Å². The van der Waals surface area contributed by atoms with Gasteiger partial charge in [-0.1, -0.05) is 75.8 Å². The molecule has 1 aromatic carbocycles. The molecular weight excluding hydrogens is 284 g/mol. The van der Waals surface area contributed by atoms with Crippen LogP contribution in [0.1, 0.15) is 63.9 Å². The molecule has 0 saturated carbocycles. The number of ether oxygens (including phenoxy) is 2. The highest BCUT2D eigenvalue weighted by atomic mass is 16.6. The molecule has 2 rings (SSSR count). The molecule has 1 fully saturated rings. The first-order valence-corrected chi connectivity index (χ1v) is 9.37. The van der Waals surface area contributed by atoms with Crippen LogP contribution < -0.4 is 4.74 Å². The van der Waals surface area contributed by atoms with Crippen molar-refractivity contribution in [3.05, 3.63) is 42.0 Å². The standard InChI is InChI=1S/C21H32O2/c1-2-3-4-5-6-7-8-9-10-11-14-19-15-12-13-16-21(19)23-18-20-17-22-20/h10-13,15-16,20H,2-9,14,17-18H2,1H3/b11-10+. The Hall–Kier alpha value is -1.28. The number of hydrogen-bond donors (Lipinski definition) is 0. The van der Waals surface area contributed by atoms with Crippen molar-refractivity contribution >= 4 is 0 Å². The molecule has 0 spiro atoms. The molecule has 0 aromatic heterocycles. The zero-order valence-electron chi connectivity index (χ0n) is 14.6. The highest BCUT2D eigenvalue weighted by Gasteiger charge is 2.23. The van der Waals surface area contributed by atoms with Gasteiger partial charge in [0, 0.05) is 0 Å². The molecular formula is C21H32O2. The largest absolute Gasteiger partial charge is 0.490 e. The summed E-state index contributed by atoms with van der Waals surface area (Å²) in [6.45, 7) is 3.80. The zero-order chi connectivity index (χ0) is 16.2. The molecule has 23 heavy (non-hydrogen) atoms. The molecule has 1 atom stereocenters. The molecule has 2 heteroatoms. The van der Waals surface area contributed by atoms with Gasteiger partial charge in [-0.2, -0.15) is 0 Å². The summed E-state index contributed by atoms with van der Waals surface area (Å²) >= 11 is 0. The van der Waals surface area contributed by atoms with Gasteiger partial charge in [0.15, 0.2) is 0 Å². The maximum absolute atomic E-state index is 5.84. The molecule has 1 aromatic rings.